The zero-order chi connectivity index (χ0) is 13.0. The minimum Gasteiger partial charge on any atom is -0.379 e. The molecule has 1 aromatic heterocycles. The molecule has 0 radical (unpaired) electrons. The third kappa shape index (κ3) is 3.31. The van der Waals surface area contributed by atoms with Crippen LogP contribution in [0.15, 0.2) is 12.5 Å². The molecule has 2 atom stereocenters. The van der Waals surface area contributed by atoms with Crippen molar-refractivity contribution in [2.24, 2.45) is 0 Å². The maximum atomic E-state index is 6.04. The number of morpholine rings is 1. The summed E-state index contributed by atoms with van der Waals surface area (Å²) in [7, 11) is 0. The van der Waals surface area contributed by atoms with Crippen molar-refractivity contribution in [1.29, 1.82) is 0 Å². The van der Waals surface area contributed by atoms with Crippen LogP contribution in [0.5, 0.6) is 0 Å². The van der Waals surface area contributed by atoms with Gasteiger partial charge in [-0.2, -0.15) is 0 Å². The van der Waals surface area contributed by atoms with Crippen molar-refractivity contribution in [3.8, 4) is 0 Å². The Kier molecular flexibility index (Phi) is 4.74. The van der Waals surface area contributed by atoms with Crippen LogP contribution in [0.1, 0.15) is 13.8 Å². The molecule has 2 heterocycles. The standard InChI is InChI=1S/C12H19ClN4O/c1-9(10(2)17-3-5-18-6-4-17)16-12-11(13)7-14-8-15-12/h7-10H,3-6H2,1-2H3,(H,14,15,16). The Balaban J connectivity index is 1.94. The predicted octanol–water partition coefficient (Wildman–Crippen LogP) is 1.65. The first-order valence-electron chi connectivity index (χ1n) is 6.22. The van der Waals surface area contributed by atoms with Gasteiger partial charge in [0.25, 0.3) is 0 Å². The molecule has 18 heavy (non-hydrogen) atoms. The molecule has 0 aromatic carbocycles. The fourth-order valence-electron chi connectivity index (χ4n) is 2.06. The zero-order valence-corrected chi connectivity index (χ0v) is 11.5. The largest absolute Gasteiger partial charge is 0.379 e. The van der Waals surface area contributed by atoms with Crippen LogP contribution < -0.4 is 5.32 Å². The molecular formula is C12H19ClN4O. The van der Waals surface area contributed by atoms with Crippen LogP contribution >= 0.6 is 11.6 Å². The van der Waals surface area contributed by atoms with Gasteiger partial charge in [-0.15, -0.1) is 0 Å². The fraction of sp³-hybridized carbons (Fsp3) is 0.667. The molecule has 0 bridgehead atoms. The highest BCUT2D eigenvalue weighted by atomic mass is 35.5. The van der Waals surface area contributed by atoms with Crippen molar-refractivity contribution in [1.82, 2.24) is 14.9 Å². The Bertz CT molecular complexity index is 384. The first-order valence-corrected chi connectivity index (χ1v) is 6.60. The van der Waals surface area contributed by atoms with Crippen LogP contribution in [-0.4, -0.2) is 53.3 Å². The van der Waals surface area contributed by atoms with Gasteiger partial charge in [-0.25, -0.2) is 9.97 Å². The van der Waals surface area contributed by atoms with E-state index in [1.54, 1.807) is 6.20 Å². The van der Waals surface area contributed by atoms with E-state index >= 15 is 0 Å². The van der Waals surface area contributed by atoms with Crippen LogP contribution in [0.3, 0.4) is 0 Å². The summed E-state index contributed by atoms with van der Waals surface area (Å²) in [6.45, 7) is 7.92. The first kappa shape index (κ1) is 13.5. The summed E-state index contributed by atoms with van der Waals surface area (Å²) in [6, 6.07) is 0.662. The van der Waals surface area contributed by atoms with Crippen molar-refractivity contribution in [2.45, 2.75) is 25.9 Å². The van der Waals surface area contributed by atoms with Gasteiger partial charge in [0.2, 0.25) is 0 Å². The maximum absolute atomic E-state index is 6.04. The van der Waals surface area contributed by atoms with E-state index in [0.29, 0.717) is 16.9 Å². The number of aromatic nitrogens is 2. The van der Waals surface area contributed by atoms with E-state index in [1.165, 1.54) is 6.33 Å². The molecule has 2 rings (SSSR count). The molecule has 1 N–H and O–H groups in total. The van der Waals surface area contributed by atoms with Gasteiger partial charge in [-0.05, 0) is 13.8 Å². The van der Waals surface area contributed by atoms with Crippen molar-refractivity contribution < 1.29 is 4.74 Å². The second-order valence-electron chi connectivity index (χ2n) is 4.54. The van der Waals surface area contributed by atoms with E-state index in [-0.39, 0.29) is 6.04 Å². The number of nitrogens with one attached hydrogen (secondary N) is 1. The molecule has 1 aliphatic rings. The Morgan fingerprint density at radius 2 is 2.11 bits per heavy atom. The number of rotatable bonds is 4. The van der Waals surface area contributed by atoms with E-state index in [1.807, 2.05) is 0 Å². The first-order chi connectivity index (χ1) is 8.68. The molecule has 0 aliphatic carbocycles. The van der Waals surface area contributed by atoms with Crippen molar-refractivity contribution in [3.05, 3.63) is 17.5 Å². The van der Waals surface area contributed by atoms with Gasteiger partial charge in [0.1, 0.15) is 17.2 Å². The summed E-state index contributed by atoms with van der Waals surface area (Å²) in [5.41, 5.74) is 0. The van der Waals surface area contributed by atoms with Gasteiger partial charge in [0, 0.05) is 25.2 Å². The summed E-state index contributed by atoms with van der Waals surface area (Å²) in [4.78, 5) is 10.4. The van der Waals surface area contributed by atoms with Crippen LogP contribution in [0.25, 0.3) is 0 Å². The number of nitrogens with zero attached hydrogens (tertiary/aromatic N) is 3. The van der Waals surface area contributed by atoms with Crippen molar-refractivity contribution in [2.75, 3.05) is 31.6 Å². The Morgan fingerprint density at radius 1 is 1.39 bits per heavy atom. The molecule has 0 saturated carbocycles. The van der Waals surface area contributed by atoms with Gasteiger partial charge < -0.3 is 10.1 Å². The number of anilines is 1. The second-order valence-corrected chi connectivity index (χ2v) is 4.95. The number of hydrogen-bond donors (Lipinski definition) is 1. The molecule has 1 aromatic rings. The molecule has 2 unspecified atom stereocenters. The molecule has 0 amide bonds. The van der Waals surface area contributed by atoms with E-state index < -0.39 is 0 Å². The Hall–Kier alpha value is -0.910. The molecule has 0 spiro atoms. The van der Waals surface area contributed by atoms with Crippen molar-refractivity contribution in [3.63, 3.8) is 0 Å². The molecule has 6 heteroatoms. The van der Waals surface area contributed by atoms with Gasteiger partial charge in [-0.1, -0.05) is 11.6 Å². The normalized spacial score (nSPS) is 20.4. The van der Waals surface area contributed by atoms with Gasteiger partial charge in [-0.3, -0.25) is 4.90 Å². The highest BCUT2D eigenvalue weighted by Crippen LogP contribution is 2.19. The summed E-state index contributed by atoms with van der Waals surface area (Å²) in [5.74, 6) is 0.694. The van der Waals surface area contributed by atoms with Crippen LogP contribution in [0, 0.1) is 0 Å². The highest BCUT2D eigenvalue weighted by molar-refractivity contribution is 6.32. The number of hydrogen-bond acceptors (Lipinski definition) is 5. The summed E-state index contributed by atoms with van der Waals surface area (Å²) in [5, 5.41) is 3.90. The van der Waals surface area contributed by atoms with Gasteiger partial charge in [0.15, 0.2) is 0 Å². The van der Waals surface area contributed by atoms with Gasteiger partial charge >= 0.3 is 0 Å². The maximum Gasteiger partial charge on any atom is 0.148 e. The zero-order valence-electron chi connectivity index (χ0n) is 10.8. The van der Waals surface area contributed by atoms with E-state index in [4.69, 9.17) is 16.3 Å². The van der Waals surface area contributed by atoms with Crippen molar-refractivity contribution >= 4 is 17.4 Å². The van der Waals surface area contributed by atoms with Crippen LogP contribution in [-0.2, 0) is 4.74 Å². The summed E-state index contributed by atoms with van der Waals surface area (Å²) in [6.07, 6.45) is 3.10. The average molecular weight is 271 g/mol. The lowest BCUT2D eigenvalue weighted by atomic mass is 10.1. The monoisotopic (exact) mass is 270 g/mol. The topological polar surface area (TPSA) is 50.3 Å². The molecule has 5 nitrogen and oxygen atoms in total. The molecule has 1 aliphatic heterocycles. The Labute approximate surface area is 113 Å². The lowest BCUT2D eigenvalue weighted by Crippen LogP contribution is -2.48. The molecular weight excluding hydrogens is 252 g/mol. The van der Waals surface area contributed by atoms with Crippen LogP contribution in [0.2, 0.25) is 5.02 Å². The summed E-state index contributed by atoms with van der Waals surface area (Å²) < 4.78 is 5.36. The quantitative estimate of drug-likeness (QED) is 0.902. The predicted molar refractivity (Wildman–Crippen MR) is 72.0 cm³/mol. The lowest BCUT2D eigenvalue weighted by Gasteiger charge is -2.36. The second kappa shape index (κ2) is 6.31. The smallest absolute Gasteiger partial charge is 0.148 e. The minimum atomic E-state index is 0.260. The van der Waals surface area contributed by atoms with E-state index in [2.05, 4.69) is 34.0 Å². The minimum absolute atomic E-state index is 0.260. The SMILES string of the molecule is CC(Nc1ncncc1Cl)C(C)N1CCOCC1. The molecule has 100 valence electrons. The third-order valence-corrected chi connectivity index (χ3v) is 3.65. The van der Waals surface area contributed by atoms with E-state index in [0.717, 1.165) is 26.3 Å². The fourth-order valence-corrected chi connectivity index (χ4v) is 2.22. The summed E-state index contributed by atoms with van der Waals surface area (Å²) >= 11 is 6.04. The van der Waals surface area contributed by atoms with Crippen LogP contribution in [0.4, 0.5) is 5.82 Å². The number of ether oxygens (including phenoxy) is 1. The van der Waals surface area contributed by atoms with E-state index in [9.17, 15) is 0 Å². The average Bonchev–Trinajstić information content (AvgIpc) is 2.41. The molecule has 1 fully saturated rings. The molecule has 1 saturated heterocycles. The number of halogens is 1. The van der Waals surface area contributed by atoms with Gasteiger partial charge in [0.05, 0.1) is 19.4 Å². The lowest BCUT2D eigenvalue weighted by molar-refractivity contribution is 0.0176. The highest BCUT2D eigenvalue weighted by Gasteiger charge is 2.22. The third-order valence-electron chi connectivity index (χ3n) is 3.38. The Morgan fingerprint density at radius 3 is 2.78 bits per heavy atom.